The second-order valence-corrected chi connectivity index (χ2v) is 6.19. The van der Waals surface area contributed by atoms with Crippen LogP contribution in [0.1, 0.15) is 15.9 Å². The largest absolute Gasteiger partial charge is 0.452 e. The second kappa shape index (κ2) is 9.12. The van der Waals surface area contributed by atoms with Gasteiger partial charge in [-0.25, -0.2) is 14.5 Å². The molecule has 0 unspecified atom stereocenters. The molecule has 0 saturated heterocycles. The molecule has 3 rings (SSSR count). The van der Waals surface area contributed by atoms with E-state index in [0.29, 0.717) is 28.6 Å². The quantitative estimate of drug-likeness (QED) is 0.613. The van der Waals surface area contributed by atoms with Gasteiger partial charge in [0.05, 0.1) is 23.5 Å². The molecule has 0 aliphatic rings. The minimum absolute atomic E-state index is 0.346. The molecule has 0 radical (unpaired) electrons. The van der Waals surface area contributed by atoms with Crippen molar-refractivity contribution in [1.29, 1.82) is 0 Å². The number of rotatable bonds is 7. The van der Waals surface area contributed by atoms with Gasteiger partial charge in [0.1, 0.15) is 12.7 Å². The minimum atomic E-state index is -0.596. The lowest BCUT2D eigenvalue weighted by molar-refractivity contribution is -0.119. The Labute approximate surface area is 166 Å². The lowest BCUT2D eigenvalue weighted by Gasteiger charge is -2.11. The molecule has 28 heavy (non-hydrogen) atoms. The van der Waals surface area contributed by atoms with E-state index in [1.54, 1.807) is 49.6 Å². The molecule has 1 aromatic heterocycles. The number of carbonyl (C=O) groups is 2. The summed E-state index contributed by atoms with van der Waals surface area (Å²) in [5.41, 5.74) is 2.27. The number of nitrogens with one attached hydrogen (secondary N) is 1. The van der Waals surface area contributed by atoms with Gasteiger partial charge in [-0.05, 0) is 35.9 Å². The molecule has 0 aliphatic carbocycles. The molecule has 1 heterocycles. The normalized spacial score (nSPS) is 10.5. The summed E-state index contributed by atoms with van der Waals surface area (Å²) < 4.78 is 11.6. The minimum Gasteiger partial charge on any atom is -0.452 e. The van der Waals surface area contributed by atoms with Crippen molar-refractivity contribution in [3.05, 3.63) is 71.3 Å². The zero-order valence-electron chi connectivity index (χ0n) is 15.0. The molecule has 2 aromatic carbocycles. The zero-order chi connectivity index (χ0) is 19.9. The first-order chi connectivity index (χ1) is 13.6. The van der Waals surface area contributed by atoms with Gasteiger partial charge < -0.3 is 14.8 Å². The van der Waals surface area contributed by atoms with Crippen molar-refractivity contribution in [2.75, 3.05) is 19.0 Å². The average molecular weight is 401 g/mol. The fourth-order valence-electron chi connectivity index (χ4n) is 2.45. The summed E-state index contributed by atoms with van der Waals surface area (Å²) >= 11 is 6.01. The number of benzene rings is 2. The first-order valence-corrected chi connectivity index (χ1v) is 8.64. The first kappa shape index (κ1) is 19.5. The third-order valence-corrected chi connectivity index (χ3v) is 3.97. The number of carbonyl (C=O) groups excluding carboxylic acids is 2. The number of halogens is 1. The van der Waals surface area contributed by atoms with E-state index in [4.69, 9.17) is 21.1 Å². The molecule has 1 N–H and O–H groups in total. The molecule has 144 valence electrons. The van der Waals surface area contributed by atoms with Crippen LogP contribution in [0.25, 0.3) is 5.69 Å². The molecule has 1 amide bonds. The van der Waals surface area contributed by atoms with Gasteiger partial charge in [-0.3, -0.25) is 4.79 Å². The molecule has 3 aromatic rings. The Morgan fingerprint density at radius 1 is 1.18 bits per heavy atom. The number of hydrogen-bond donors (Lipinski definition) is 1. The van der Waals surface area contributed by atoms with Crippen LogP contribution < -0.4 is 5.32 Å². The maximum Gasteiger partial charge on any atom is 0.338 e. The fraction of sp³-hybridized carbons (Fsp3) is 0.158. The second-order valence-electron chi connectivity index (χ2n) is 5.76. The molecule has 0 spiro atoms. The summed E-state index contributed by atoms with van der Waals surface area (Å²) in [6, 6.07) is 11.7. The molecule has 0 saturated carbocycles. The highest BCUT2D eigenvalue weighted by Gasteiger charge is 2.13. The van der Waals surface area contributed by atoms with Gasteiger partial charge in [-0.15, -0.1) is 0 Å². The van der Waals surface area contributed by atoms with E-state index in [-0.39, 0.29) is 0 Å². The molecular formula is C19H17ClN4O4. The first-order valence-electron chi connectivity index (χ1n) is 8.26. The number of methoxy groups -OCH3 is 1. The Bertz CT molecular complexity index is 959. The number of nitrogens with zero attached hydrogens (tertiary/aromatic N) is 3. The van der Waals surface area contributed by atoms with Gasteiger partial charge in [-0.1, -0.05) is 23.7 Å². The average Bonchev–Trinajstić information content (AvgIpc) is 3.21. The Morgan fingerprint density at radius 2 is 1.96 bits per heavy atom. The number of hydrogen-bond acceptors (Lipinski definition) is 6. The van der Waals surface area contributed by atoms with Crippen molar-refractivity contribution in [2.24, 2.45) is 0 Å². The highest BCUT2D eigenvalue weighted by atomic mass is 35.5. The Hall–Kier alpha value is -3.23. The maximum atomic E-state index is 12.2. The van der Waals surface area contributed by atoms with Crippen LogP contribution in [0.2, 0.25) is 5.02 Å². The predicted molar refractivity (Wildman–Crippen MR) is 102 cm³/mol. The van der Waals surface area contributed by atoms with E-state index in [0.717, 1.165) is 5.56 Å². The number of aromatic nitrogens is 3. The third-order valence-electron chi connectivity index (χ3n) is 3.73. The van der Waals surface area contributed by atoms with Crippen LogP contribution in [0.5, 0.6) is 0 Å². The van der Waals surface area contributed by atoms with Crippen LogP contribution in [0.3, 0.4) is 0 Å². The third kappa shape index (κ3) is 4.93. The summed E-state index contributed by atoms with van der Waals surface area (Å²) in [4.78, 5) is 28.2. The molecule has 0 fully saturated rings. The van der Waals surface area contributed by atoms with Crippen LogP contribution in [0, 0.1) is 0 Å². The van der Waals surface area contributed by atoms with E-state index in [1.165, 1.54) is 17.3 Å². The Morgan fingerprint density at radius 3 is 2.64 bits per heavy atom. The number of anilines is 1. The molecule has 0 atom stereocenters. The van der Waals surface area contributed by atoms with E-state index in [9.17, 15) is 9.59 Å². The standard InChI is InChI=1S/C19H17ClN4O4/c1-27-9-13-2-4-14(5-3-13)19(26)28-10-18(25)23-16-8-15(20)6-7-17(16)24-12-21-11-22-24/h2-8,11-12H,9-10H2,1H3,(H,23,25). The van der Waals surface area contributed by atoms with Crippen molar-refractivity contribution in [1.82, 2.24) is 14.8 Å². The van der Waals surface area contributed by atoms with Crippen LogP contribution in [-0.4, -0.2) is 40.4 Å². The lowest BCUT2D eigenvalue weighted by Crippen LogP contribution is -2.21. The summed E-state index contributed by atoms with van der Waals surface area (Å²) in [6.45, 7) is 0.00738. The highest BCUT2D eigenvalue weighted by Crippen LogP contribution is 2.23. The summed E-state index contributed by atoms with van der Waals surface area (Å²) in [5.74, 6) is -1.10. The smallest absolute Gasteiger partial charge is 0.338 e. The molecule has 8 nitrogen and oxygen atoms in total. The van der Waals surface area contributed by atoms with Gasteiger partial charge in [0, 0.05) is 12.1 Å². The molecular weight excluding hydrogens is 384 g/mol. The highest BCUT2D eigenvalue weighted by molar-refractivity contribution is 6.31. The Kier molecular flexibility index (Phi) is 6.36. The summed E-state index contributed by atoms with van der Waals surface area (Å²) in [7, 11) is 1.59. The SMILES string of the molecule is COCc1ccc(C(=O)OCC(=O)Nc2cc(Cl)ccc2-n2cncn2)cc1. The van der Waals surface area contributed by atoms with Crippen LogP contribution in [0.15, 0.2) is 55.1 Å². The van der Waals surface area contributed by atoms with Gasteiger partial charge in [0.25, 0.3) is 5.91 Å². The van der Waals surface area contributed by atoms with Crippen molar-refractivity contribution in [2.45, 2.75) is 6.61 Å². The number of esters is 1. The van der Waals surface area contributed by atoms with Crippen LogP contribution in [-0.2, 0) is 20.9 Å². The van der Waals surface area contributed by atoms with E-state index < -0.39 is 18.5 Å². The number of amides is 1. The van der Waals surface area contributed by atoms with E-state index in [2.05, 4.69) is 15.4 Å². The molecule has 0 bridgehead atoms. The topological polar surface area (TPSA) is 95.3 Å². The van der Waals surface area contributed by atoms with Crippen molar-refractivity contribution in [3.8, 4) is 5.69 Å². The zero-order valence-corrected chi connectivity index (χ0v) is 15.7. The van der Waals surface area contributed by atoms with Gasteiger partial charge in [0.15, 0.2) is 6.61 Å². The molecule has 9 heteroatoms. The van der Waals surface area contributed by atoms with Gasteiger partial charge >= 0.3 is 5.97 Å². The predicted octanol–water partition coefficient (Wildman–Crippen LogP) is 2.86. The van der Waals surface area contributed by atoms with E-state index in [1.807, 2.05) is 0 Å². The maximum absolute atomic E-state index is 12.2. The Balaban J connectivity index is 1.62. The van der Waals surface area contributed by atoms with Crippen molar-refractivity contribution >= 4 is 29.2 Å². The van der Waals surface area contributed by atoms with Crippen LogP contribution in [0.4, 0.5) is 5.69 Å². The van der Waals surface area contributed by atoms with Crippen molar-refractivity contribution in [3.63, 3.8) is 0 Å². The number of ether oxygens (including phenoxy) is 2. The van der Waals surface area contributed by atoms with E-state index >= 15 is 0 Å². The van der Waals surface area contributed by atoms with Gasteiger partial charge in [-0.2, -0.15) is 5.10 Å². The summed E-state index contributed by atoms with van der Waals surface area (Å²) in [5, 5.41) is 7.14. The molecule has 0 aliphatic heterocycles. The lowest BCUT2D eigenvalue weighted by atomic mass is 10.1. The van der Waals surface area contributed by atoms with Crippen LogP contribution >= 0.6 is 11.6 Å². The van der Waals surface area contributed by atoms with Crippen molar-refractivity contribution < 1.29 is 19.1 Å². The monoisotopic (exact) mass is 400 g/mol. The fourth-order valence-corrected chi connectivity index (χ4v) is 2.62. The summed E-state index contributed by atoms with van der Waals surface area (Å²) in [6.07, 6.45) is 2.87. The van der Waals surface area contributed by atoms with Gasteiger partial charge in [0.2, 0.25) is 0 Å².